The number of rotatable bonds is 9. The molecule has 0 spiro atoms. The van der Waals surface area contributed by atoms with Crippen LogP contribution in [-0.2, 0) is 9.53 Å². The van der Waals surface area contributed by atoms with E-state index in [-0.39, 0.29) is 13.0 Å². The Morgan fingerprint density at radius 1 is 1.09 bits per heavy atom. The molecule has 0 unspecified atom stereocenters. The van der Waals surface area contributed by atoms with Gasteiger partial charge in [0, 0.05) is 0 Å². The van der Waals surface area contributed by atoms with Crippen LogP contribution < -0.4 is 9.47 Å². The van der Waals surface area contributed by atoms with Crippen molar-refractivity contribution < 1.29 is 34.3 Å². The van der Waals surface area contributed by atoms with Crippen molar-refractivity contribution in [3.63, 3.8) is 0 Å². The molecule has 0 heterocycles. The summed E-state index contributed by atoms with van der Waals surface area (Å²) in [4.78, 5) is 11.5. The van der Waals surface area contributed by atoms with Gasteiger partial charge >= 0.3 is 5.97 Å². The van der Waals surface area contributed by atoms with Gasteiger partial charge in [0.05, 0.1) is 19.8 Å². The Kier molecular flexibility index (Phi) is 7.80. The van der Waals surface area contributed by atoms with Gasteiger partial charge < -0.3 is 29.5 Å². The number of aliphatic hydroxyl groups excluding tert-OH is 3. The van der Waals surface area contributed by atoms with Crippen LogP contribution in [0.3, 0.4) is 0 Å². The number of aliphatic hydroxyl groups is 3. The first kappa shape index (κ1) is 19.2. The molecule has 130 valence electrons. The molecule has 7 nitrogen and oxygen atoms in total. The summed E-state index contributed by atoms with van der Waals surface area (Å²) in [5.41, 5.74) is 0. The van der Waals surface area contributed by atoms with E-state index >= 15 is 0 Å². The molecule has 4 atom stereocenters. The first-order chi connectivity index (χ1) is 10.9. The Hall–Kier alpha value is -1.83. The molecule has 1 aromatic carbocycles. The summed E-state index contributed by atoms with van der Waals surface area (Å²) in [5, 5.41) is 30.1. The van der Waals surface area contributed by atoms with E-state index < -0.39 is 30.4 Å². The van der Waals surface area contributed by atoms with Gasteiger partial charge in [-0.2, -0.15) is 0 Å². The van der Waals surface area contributed by atoms with Crippen LogP contribution in [-0.4, -0.2) is 59.4 Å². The normalized spacial score (nSPS) is 16.1. The smallest absolute Gasteiger partial charge is 0.337 e. The Labute approximate surface area is 135 Å². The first-order valence-electron chi connectivity index (χ1n) is 7.46. The van der Waals surface area contributed by atoms with Gasteiger partial charge in [-0.25, -0.2) is 4.79 Å². The maximum Gasteiger partial charge on any atom is 0.337 e. The molecule has 1 aromatic rings. The Morgan fingerprint density at radius 3 is 2.13 bits per heavy atom. The van der Waals surface area contributed by atoms with Crippen molar-refractivity contribution in [1.82, 2.24) is 0 Å². The van der Waals surface area contributed by atoms with Crippen LogP contribution in [0.4, 0.5) is 0 Å². The van der Waals surface area contributed by atoms with Crippen molar-refractivity contribution in [2.75, 3.05) is 13.7 Å². The summed E-state index contributed by atoms with van der Waals surface area (Å²) in [5.74, 6) is 0.0158. The number of esters is 1. The van der Waals surface area contributed by atoms with E-state index in [1.807, 2.05) is 0 Å². The predicted octanol–water partition coefficient (Wildman–Crippen LogP) is 0.498. The van der Waals surface area contributed by atoms with E-state index in [9.17, 15) is 20.1 Å². The summed E-state index contributed by atoms with van der Waals surface area (Å²) in [6, 6.07) is 6.49. The Morgan fingerprint density at radius 2 is 1.65 bits per heavy atom. The van der Waals surface area contributed by atoms with Crippen LogP contribution in [0.25, 0.3) is 0 Å². The minimum Gasteiger partial charge on any atom is -0.497 e. The third-order valence-electron chi connectivity index (χ3n) is 3.32. The number of hydrogen-bond donors (Lipinski definition) is 3. The number of carbonyl (C=O) groups is 1. The van der Waals surface area contributed by atoms with Crippen LogP contribution in [0.5, 0.6) is 11.5 Å². The number of benzene rings is 1. The average molecular weight is 328 g/mol. The van der Waals surface area contributed by atoms with Crippen LogP contribution in [0.2, 0.25) is 0 Å². The summed E-state index contributed by atoms with van der Waals surface area (Å²) < 4.78 is 15.3. The van der Waals surface area contributed by atoms with Crippen LogP contribution in [0, 0.1) is 0 Å². The highest BCUT2D eigenvalue weighted by Gasteiger charge is 2.37. The SMILES string of the molecule is CCOC(=O)[C@H](O)[C@@H](O)[C@@H](Oc1ccc(OC)cc1)[C@H](O)CC. The molecule has 0 radical (unpaired) electrons. The minimum absolute atomic E-state index is 0.0724. The highest BCUT2D eigenvalue weighted by molar-refractivity contribution is 5.75. The molecule has 0 aliphatic rings. The molecular weight excluding hydrogens is 304 g/mol. The van der Waals surface area contributed by atoms with Crippen molar-refractivity contribution in [3.8, 4) is 11.5 Å². The number of hydrogen-bond acceptors (Lipinski definition) is 7. The fourth-order valence-corrected chi connectivity index (χ4v) is 1.97. The number of carbonyl (C=O) groups excluding carboxylic acids is 1. The maximum absolute atomic E-state index is 11.5. The van der Waals surface area contributed by atoms with Crippen molar-refractivity contribution in [2.24, 2.45) is 0 Å². The predicted molar refractivity (Wildman–Crippen MR) is 82.4 cm³/mol. The molecule has 3 N–H and O–H groups in total. The topological polar surface area (TPSA) is 105 Å². The molecule has 0 amide bonds. The van der Waals surface area contributed by atoms with E-state index in [4.69, 9.17) is 9.47 Å². The van der Waals surface area contributed by atoms with Gasteiger partial charge in [-0.05, 0) is 37.6 Å². The van der Waals surface area contributed by atoms with Gasteiger partial charge in [0.1, 0.15) is 17.6 Å². The van der Waals surface area contributed by atoms with Crippen molar-refractivity contribution in [2.45, 2.75) is 44.7 Å². The molecule has 0 fully saturated rings. The zero-order valence-electron chi connectivity index (χ0n) is 13.5. The van der Waals surface area contributed by atoms with E-state index in [0.717, 1.165) is 0 Å². The van der Waals surface area contributed by atoms with E-state index in [2.05, 4.69) is 4.74 Å². The number of methoxy groups -OCH3 is 1. The van der Waals surface area contributed by atoms with Gasteiger partial charge in [-0.1, -0.05) is 6.92 Å². The van der Waals surface area contributed by atoms with Gasteiger partial charge in [0.15, 0.2) is 12.2 Å². The molecule has 0 saturated heterocycles. The van der Waals surface area contributed by atoms with Crippen molar-refractivity contribution in [1.29, 1.82) is 0 Å². The summed E-state index contributed by atoms with van der Waals surface area (Å²) in [6.45, 7) is 3.35. The van der Waals surface area contributed by atoms with Crippen LogP contribution in [0.1, 0.15) is 20.3 Å². The molecule has 0 bridgehead atoms. The molecule has 0 saturated carbocycles. The largest absolute Gasteiger partial charge is 0.497 e. The second kappa shape index (κ2) is 9.34. The van der Waals surface area contributed by atoms with Gasteiger partial charge in [-0.3, -0.25) is 0 Å². The summed E-state index contributed by atoms with van der Waals surface area (Å²) in [6.07, 6.45) is -5.43. The lowest BCUT2D eigenvalue weighted by molar-refractivity contribution is -0.166. The fourth-order valence-electron chi connectivity index (χ4n) is 1.97. The average Bonchev–Trinajstić information content (AvgIpc) is 2.58. The van der Waals surface area contributed by atoms with Crippen molar-refractivity contribution in [3.05, 3.63) is 24.3 Å². The van der Waals surface area contributed by atoms with E-state index in [1.165, 1.54) is 7.11 Å². The van der Waals surface area contributed by atoms with Crippen LogP contribution in [0.15, 0.2) is 24.3 Å². The quantitative estimate of drug-likeness (QED) is 0.567. The molecule has 23 heavy (non-hydrogen) atoms. The van der Waals surface area contributed by atoms with Gasteiger partial charge in [-0.15, -0.1) is 0 Å². The third kappa shape index (κ3) is 5.38. The van der Waals surface area contributed by atoms with Crippen LogP contribution >= 0.6 is 0 Å². The van der Waals surface area contributed by atoms with E-state index in [0.29, 0.717) is 11.5 Å². The maximum atomic E-state index is 11.5. The molecule has 0 aromatic heterocycles. The molecular formula is C16H24O7. The monoisotopic (exact) mass is 328 g/mol. The molecule has 0 aliphatic carbocycles. The molecule has 0 aliphatic heterocycles. The zero-order valence-corrected chi connectivity index (χ0v) is 13.5. The summed E-state index contributed by atoms with van der Waals surface area (Å²) >= 11 is 0. The number of ether oxygens (including phenoxy) is 3. The zero-order chi connectivity index (χ0) is 17.4. The lowest BCUT2D eigenvalue weighted by Crippen LogP contribution is -2.50. The molecule has 1 rings (SSSR count). The Bertz CT molecular complexity index is 474. The summed E-state index contributed by atoms with van der Waals surface area (Å²) in [7, 11) is 1.53. The second-order valence-electron chi connectivity index (χ2n) is 4.92. The molecule has 7 heteroatoms. The van der Waals surface area contributed by atoms with Gasteiger partial charge in [0.2, 0.25) is 0 Å². The lowest BCUT2D eigenvalue weighted by Gasteiger charge is -2.29. The second-order valence-corrected chi connectivity index (χ2v) is 4.92. The van der Waals surface area contributed by atoms with Gasteiger partial charge in [0.25, 0.3) is 0 Å². The standard InChI is InChI=1S/C16H24O7/c1-4-12(17)15(13(18)14(19)16(20)22-5-2)23-11-8-6-10(21-3)7-9-11/h6-9,12-15,17-19H,4-5H2,1-3H3/t12-,13-,14-,15+/m1/s1. The minimum atomic E-state index is -1.81. The Balaban J connectivity index is 2.88. The highest BCUT2D eigenvalue weighted by Crippen LogP contribution is 2.22. The highest BCUT2D eigenvalue weighted by atomic mass is 16.6. The van der Waals surface area contributed by atoms with Crippen molar-refractivity contribution >= 4 is 5.97 Å². The first-order valence-corrected chi connectivity index (χ1v) is 7.46. The van der Waals surface area contributed by atoms with E-state index in [1.54, 1.807) is 38.1 Å². The lowest BCUT2D eigenvalue weighted by atomic mass is 10.0. The third-order valence-corrected chi connectivity index (χ3v) is 3.32. The fraction of sp³-hybridized carbons (Fsp3) is 0.562.